The normalized spacial score (nSPS) is 17.0. The summed E-state index contributed by atoms with van der Waals surface area (Å²) in [5.41, 5.74) is 0.913. The van der Waals surface area contributed by atoms with Crippen molar-refractivity contribution in [1.82, 2.24) is 9.88 Å². The largest absolute Gasteiger partial charge is 0.497 e. The highest BCUT2D eigenvalue weighted by Crippen LogP contribution is 2.24. The zero-order valence-corrected chi connectivity index (χ0v) is 15.8. The Morgan fingerprint density at radius 2 is 2.08 bits per heavy atom. The molecule has 0 spiro atoms. The number of nitrogens with one attached hydrogen (secondary N) is 1. The number of methoxy groups -OCH3 is 1. The van der Waals surface area contributed by atoms with Gasteiger partial charge in [-0.05, 0) is 49.9 Å². The average molecular weight is 373 g/mol. The molecule has 1 fully saturated rings. The minimum absolute atomic E-state index is 0.0438. The van der Waals surface area contributed by atoms with Gasteiger partial charge < -0.3 is 9.64 Å². The quantitative estimate of drug-likeness (QED) is 0.865. The summed E-state index contributed by atoms with van der Waals surface area (Å²) in [7, 11) is 1.58. The van der Waals surface area contributed by atoms with Gasteiger partial charge in [0.05, 0.1) is 7.11 Å². The minimum Gasteiger partial charge on any atom is -0.497 e. The second-order valence-electron chi connectivity index (χ2n) is 6.28. The van der Waals surface area contributed by atoms with Crippen molar-refractivity contribution in [3.63, 3.8) is 0 Å². The molecule has 3 rings (SSSR count). The summed E-state index contributed by atoms with van der Waals surface area (Å²) >= 11 is 1.27. The highest BCUT2D eigenvalue weighted by atomic mass is 32.1. The highest BCUT2D eigenvalue weighted by molar-refractivity contribution is 7.14. The van der Waals surface area contributed by atoms with E-state index in [0.717, 1.165) is 25.8 Å². The van der Waals surface area contributed by atoms with Gasteiger partial charge in [0, 0.05) is 23.5 Å². The fraction of sp³-hybridized carbons (Fsp3) is 0.421. The van der Waals surface area contributed by atoms with E-state index in [1.165, 1.54) is 17.8 Å². The van der Waals surface area contributed by atoms with Crippen molar-refractivity contribution >= 4 is 28.3 Å². The van der Waals surface area contributed by atoms with Crippen LogP contribution in [-0.2, 0) is 0 Å². The number of hydrogen-bond donors (Lipinski definition) is 1. The van der Waals surface area contributed by atoms with Crippen LogP contribution in [0.3, 0.4) is 0 Å². The summed E-state index contributed by atoms with van der Waals surface area (Å²) in [6, 6.07) is 7.12. The molecular formula is C19H23N3O3S. The summed E-state index contributed by atoms with van der Waals surface area (Å²) < 4.78 is 5.09. The molecule has 138 valence electrons. The van der Waals surface area contributed by atoms with Crippen LogP contribution in [0.4, 0.5) is 5.13 Å². The van der Waals surface area contributed by atoms with Crippen molar-refractivity contribution in [2.24, 2.45) is 0 Å². The zero-order chi connectivity index (χ0) is 18.5. The lowest BCUT2D eigenvalue weighted by atomic mass is 10.00. The van der Waals surface area contributed by atoms with Crippen LogP contribution in [0.5, 0.6) is 5.75 Å². The van der Waals surface area contributed by atoms with Crippen LogP contribution in [-0.4, -0.2) is 41.4 Å². The number of hydrogen-bond acceptors (Lipinski definition) is 5. The molecule has 2 aromatic rings. The van der Waals surface area contributed by atoms with Gasteiger partial charge in [0.2, 0.25) is 0 Å². The third-order valence-electron chi connectivity index (χ3n) is 4.66. The van der Waals surface area contributed by atoms with Crippen molar-refractivity contribution in [3.8, 4) is 5.75 Å². The third kappa shape index (κ3) is 4.04. The molecule has 0 aliphatic carbocycles. The Kier molecular flexibility index (Phi) is 5.88. The summed E-state index contributed by atoms with van der Waals surface area (Å²) in [4.78, 5) is 31.3. The molecule has 2 amide bonds. The first-order valence-electron chi connectivity index (χ1n) is 8.84. The number of nitrogens with zero attached hydrogens (tertiary/aromatic N) is 2. The van der Waals surface area contributed by atoms with E-state index in [2.05, 4.69) is 17.2 Å². The van der Waals surface area contributed by atoms with Gasteiger partial charge >= 0.3 is 0 Å². The second-order valence-corrected chi connectivity index (χ2v) is 7.14. The van der Waals surface area contributed by atoms with Gasteiger partial charge in [-0.3, -0.25) is 14.9 Å². The molecule has 6 nitrogen and oxygen atoms in total. The molecule has 26 heavy (non-hydrogen) atoms. The van der Waals surface area contributed by atoms with Gasteiger partial charge in [-0.15, -0.1) is 11.3 Å². The first-order chi connectivity index (χ1) is 12.6. The van der Waals surface area contributed by atoms with E-state index in [9.17, 15) is 9.59 Å². The molecule has 2 heterocycles. The number of piperidine rings is 1. The summed E-state index contributed by atoms with van der Waals surface area (Å²) in [6.07, 6.45) is 4.21. The molecular weight excluding hydrogens is 350 g/mol. The Hall–Kier alpha value is -2.41. The molecule has 1 saturated heterocycles. The molecule has 0 saturated carbocycles. The molecule has 1 aliphatic rings. The van der Waals surface area contributed by atoms with Crippen molar-refractivity contribution in [3.05, 3.63) is 40.9 Å². The first-order valence-corrected chi connectivity index (χ1v) is 9.72. The molecule has 1 N–H and O–H groups in total. The fourth-order valence-corrected chi connectivity index (χ4v) is 3.86. The smallest absolute Gasteiger partial charge is 0.273 e. The molecule has 0 radical (unpaired) electrons. The first kappa shape index (κ1) is 18.4. The monoisotopic (exact) mass is 373 g/mol. The number of anilines is 1. The number of carbonyl (C=O) groups is 2. The lowest BCUT2D eigenvalue weighted by Gasteiger charge is -2.34. The third-order valence-corrected chi connectivity index (χ3v) is 5.41. The number of aromatic nitrogens is 1. The number of likely N-dealkylation sites (tertiary alicyclic amines) is 1. The summed E-state index contributed by atoms with van der Waals surface area (Å²) in [5.74, 6) is 0.388. The molecule has 0 bridgehead atoms. The second kappa shape index (κ2) is 8.31. The van der Waals surface area contributed by atoms with Crippen LogP contribution < -0.4 is 10.1 Å². The maximum absolute atomic E-state index is 12.8. The van der Waals surface area contributed by atoms with Gasteiger partial charge in [-0.25, -0.2) is 4.98 Å². The van der Waals surface area contributed by atoms with Crippen LogP contribution in [0, 0.1) is 0 Å². The molecule has 1 aromatic heterocycles. The predicted octanol–water partition coefficient (Wildman–Crippen LogP) is 3.81. The molecule has 1 aromatic carbocycles. The Balaban J connectivity index is 1.66. The zero-order valence-electron chi connectivity index (χ0n) is 15.0. The van der Waals surface area contributed by atoms with E-state index in [1.54, 1.807) is 36.8 Å². The minimum atomic E-state index is -0.259. The maximum atomic E-state index is 12.8. The lowest BCUT2D eigenvalue weighted by Crippen LogP contribution is -2.43. The van der Waals surface area contributed by atoms with Crippen LogP contribution in [0.1, 0.15) is 53.5 Å². The van der Waals surface area contributed by atoms with E-state index >= 15 is 0 Å². The SMILES string of the molecule is CCC1CCCCN1C(=O)c1csc(NC(=O)c2ccc(OC)cc2)n1. The number of thiazole rings is 1. The molecule has 1 atom stereocenters. The van der Waals surface area contributed by atoms with Gasteiger partial charge in [0.1, 0.15) is 11.4 Å². The number of benzene rings is 1. The maximum Gasteiger partial charge on any atom is 0.273 e. The van der Waals surface area contributed by atoms with E-state index in [1.807, 2.05) is 4.90 Å². The fourth-order valence-electron chi connectivity index (χ4n) is 3.18. The number of amides is 2. The van der Waals surface area contributed by atoms with Gasteiger partial charge in [-0.2, -0.15) is 0 Å². The Labute approximate surface area is 157 Å². The van der Waals surface area contributed by atoms with E-state index in [4.69, 9.17) is 4.74 Å². The van der Waals surface area contributed by atoms with Crippen LogP contribution >= 0.6 is 11.3 Å². The van der Waals surface area contributed by atoms with E-state index < -0.39 is 0 Å². The van der Waals surface area contributed by atoms with Crippen molar-refractivity contribution < 1.29 is 14.3 Å². The Morgan fingerprint density at radius 1 is 1.31 bits per heavy atom. The van der Waals surface area contributed by atoms with Crippen LogP contribution in [0.25, 0.3) is 0 Å². The van der Waals surface area contributed by atoms with Gasteiger partial charge in [-0.1, -0.05) is 6.92 Å². The highest BCUT2D eigenvalue weighted by Gasteiger charge is 2.27. The number of rotatable bonds is 5. The van der Waals surface area contributed by atoms with Crippen LogP contribution in [0.2, 0.25) is 0 Å². The van der Waals surface area contributed by atoms with Crippen molar-refractivity contribution in [2.45, 2.75) is 38.6 Å². The predicted molar refractivity (Wildman–Crippen MR) is 102 cm³/mol. The standard InChI is InChI=1S/C19H23N3O3S/c1-3-14-6-4-5-11-22(14)18(24)16-12-26-19(20-16)21-17(23)13-7-9-15(25-2)10-8-13/h7-10,12,14H,3-6,11H2,1-2H3,(H,20,21,23). The van der Waals surface area contributed by atoms with Crippen molar-refractivity contribution in [1.29, 1.82) is 0 Å². The molecule has 1 unspecified atom stereocenters. The van der Waals surface area contributed by atoms with E-state index in [-0.39, 0.29) is 17.9 Å². The number of carbonyl (C=O) groups excluding carboxylic acids is 2. The topological polar surface area (TPSA) is 71.5 Å². The van der Waals surface area contributed by atoms with Gasteiger partial charge in [0.15, 0.2) is 5.13 Å². The molecule has 1 aliphatic heterocycles. The van der Waals surface area contributed by atoms with Crippen LogP contribution in [0.15, 0.2) is 29.6 Å². The van der Waals surface area contributed by atoms with Gasteiger partial charge in [0.25, 0.3) is 11.8 Å². The summed E-state index contributed by atoms with van der Waals surface area (Å²) in [5, 5.41) is 4.90. The Morgan fingerprint density at radius 3 is 2.77 bits per heavy atom. The number of ether oxygens (including phenoxy) is 1. The Bertz CT molecular complexity index is 773. The average Bonchev–Trinajstić information content (AvgIpc) is 3.15. The molecule has 7 heteroatoms. The summed E-state index contributed by atoms with van der Waals surface area (Å²) in [6.45, 7) is 2.89. The van der Waals surface area contributed by atoms with Crippen molar-refractivity contribution in [2.75, 3.05) is 19.0 Å². The lowest BCUT2D eigenvalue weighted by molar-refractivity contribution is 0.0602. The van der Waals surface area contributed by atoms with E-state index in [0.29, 0.717) is 22.1 Å².